The van der Waals surface area contributed by atoms with E-state index >= 15 is 0 Å². The number of halogens is 4. The van der Waals surface area contributed by atoms with E-state index in [1.165, 1.54) is 11.3 Å². The van der Waals surface area contributed by atoms with Crippen molar-refractivity contribution < 1.29 is 22.8 Å². The van der Waals surface area contributed by atoms with Gasteiger partial charge in [0.25, 0.3) is 0 Å². The molecule has 2 bridgehead atoms. The van der Waals surface area contributed by atoms with Gasteiger partial charge in [0.2, 0.25) is 11.8 Å². The van der Waals surface area contributed by atoms with Crippen LogP contribution in [0, 0.1) is 17.8 Å². The summed E-state index contributed by atoms with van der Waals surface area (Å²) >= 11 is 4.69. The number of aromatic nitrogens is 1. The first-order valence-corrected chi connectivity index (χ1v) is 10.1. The molecule has 2 aliphatic rings. The third-order valence-electron chi connectivity index (χ3n) is 5.14. The molecule has 1 heterocycles. The van der Waals surface area contributed by atoms with Crippen LogP contribution < -0.4 is 10.6 Å². The number of carbonyl (C=O) groups excluding carboxylic acids is 2. The lowest BCUT2D eigenvalue weighted by molar-refractivity contribution is -0.145. The molecule has 1 aromatic rings. The third kappa shape index (κ3) is 4.76. The molecule has 0 aromatic carbocycles. The molecule has 2 amide bonds. The number of hydrogen-bond donors (Lipinski definition) is 2. The highest BCUT2D eigenvalue weighted by Crippen LogP contribution is 2.48. The number of thiazole rings is 1. The molecular formula is C16H19BrF3N3O2S. The quantitative estimate of drug-likeness (QED) is 0.693. The summed E-state index contributed by atoms with van der Waals surface area (Å²) in [6.07, 6.45) is -1.76. The fourth-order valence-electron chi connectivity index (χ4n) is 4.05. The summed E-state index contributed by atoms with van der Waals surface area (Å²) in [5.74, 6) is -0.809. The largest absolute Gasteiger partial charge is 0.389 e. The van der Waals surface area contributed by atoms with Gasteiger partial charge in [0.05, 0.1) is 18.9 Å². The number of amides is 2. The van der Waals surface area contributed by atoms with Crippen molar-refractivity contribution in [1.82, 2.24) is 15.6 Å². The fraction of sp³-hybridized carbons (Fsp3) is 0.688. The van der Waals surface area contributed by atoms with Crippen LogP contribution in [-0.2, 0) is 16.1 Å². The molecule has 4 atom stereocenters. The maximum Gasteiger partial charge on any atom is 0.389 e. The maximum absolute atomic E-state index is 12.7. The number of nitrogens with one attached hydrogen (secondary N) is 2. The number of nitrogens with zero attached hydrogens (tertiary/aromatic N) is 1. The molecule has 0 unspecified atom stereocenters. The zero-order valence-corrected chi connectivity index (χ0v) is 16.2. The van der Waals surface area contributed by atoms with Gasteiger partial charge in [-0.05, 0) is 47.0 Å². The second kappa shape index (κ2) is 7.84. The van der Waals surface area contributed by atoms with E-state index in [2.05, 4.69) is 31.5 Å². The lowest BCUT2D eigenvalue weighted by Gasteiger charge is -2.31. The molecular weight excluding hydrogens is 435 g/mol. The van der Waals surface area contributed by atoms with Crippen molar-refractivity contribution in [1.29, 1.82) is 0 Å². The highest BCUT2D eigenvalue weighted by atomic mass is 79.9. The molecule has 26 heavy (non-hydrogen) atoms. The molecule has 2 fully saturated rings. The van der Waals surface area contributed by atoms with E-state index in [1.54, 1.807) is 6.20 Å². The third-order valence-corrected chi connectivity index (χ3v) is 6.62. The summed E-state index contributed by atoms with van der Waals surface area (Å²) in [6.45, 7) is 0.352. The predicted molar refractivity (Wildman–Crippen MR) is 93.2 cm³/mol. The van der Waals surface area contributed by atoms with Crippen LogP contribution in [0.15, 0.2) is 10.1 Å². The smallest absolute Gasteiger partial charge is 0.352 e. The van der Waals surface area contributed by atoms with Gasteiger partial charge in [-0.2, -0.15) is 13.2 Å². The Morgan fingerprint density at radius 2 is 2.04 bits per heavy atom. The molecule has 3 rings (SSSR count). The number of carbonyl (C=O) groups is 2. The van der Waals surface area contributed by atoms with Gasteiger partial charge in [-0.1, -0.05) is 0 Å². The lowest BCUT2D eigenvalue weighted by atomic mass is 9.83. The Morgan fingerprint density at radius 1 is 1.31 bits per heavy atom. The summed E-state index contributed by atoms with van der Waals surface area (Å²) in [5.41, 5.74) is 0. The zero-order chi connectivity index (χ0) is 18.9. The van der Waals surface area contributed by atoms with Crippen LogP contribution in [0.5, 0.6) is 0 Å². The van der Waals surface area contributed by atoms with Gasteiger partial charge >= 0.3 is 6.18 Å². The Bertz CT molecular complexity index is 682. The lowest BCUT2D eigenvalue weighted by Crippen LogP contribution is -2.49. The standard InChI is InChI=1S/C16H19BrF3N3O2S/c17-15-22-7-10(26-15)6-21-14(25)12-8-1-2-9(5-8)13(12)23-11(24)3-4-16(18,19)20/h7-9,12-13H,1-6H2,(H,21,25)(H,23,24)/t8-,9-,12+,13+/m1/s1. The van der Waals surface area contributed by atoms with Crippen molar-refractivity contribution >= 4 is 39.1 Å². The maximum atomic E-state index is 12.7. The van der Waals surface area contributed by atoms with Crippen molar-refractivity contribution in [2.45, 2.75) is 50.9 Å². The van der Waals surface area contributed by atoms with Gasteiger partial charge in [0.1, 0.15) is 0 Å². The van der Waals surface area contributed by atoms with Crippen LogP contribution in [0.3, 0.4) is 0 Å². The number of alkyl halides is 3. The Morgan fingerprint density at radius 3 is 2.69 bits per heavy atom. The van der Waals surface area contributed by atoms with Gasteiger partial charge in [0.15, 0.2) is 3.92 Å². The molecule has 144 valence electrons. The average molecular weight is 454 g/mol. The summed E-state index contributed by atoms with van der Waals surface area (Å²) in [4.78, 5) is 29.5. The molecule has 0 aliphatic heterocycles. The molecule has 1 aromatic heterocycles. The van der Waals surface area contributed by atoms with Crippen LogP contribution in [-0.4, -0.2) is 29.0 Å². The molecule has 2 aliphatic carbocycles. The molecule has 2 saturated carbocycles. The molecule has 2 N–H and O–H groups in total. The molecule has 0 radical (unpaired) electrons. The molecule has 0 saturated heterocycles. The van der Waals surface area contributed by atoms with Crippen LogP contribution in [0.1, 0.15) is 37.0 Å². The van der Waals surface area contributed by atoms with Crippen molar-refractivity contribution in [3.8, 4) is 0 Å². The first kappa shape index (κ1) is 19.6. The SMILES string of the molecule is O=C(CCC(F)(F)F)N[C@H]1[C@@H]2CC[C@H](C2)[C@@H]1C(=O)NCc1cnc(Br)s1. The highest BCUT2D eigenvalue weighted by Gasteiger charge is 2.51. The average Bonchev–Trinajstić information content (AvgIpc) is 3.26. The summed E-state index contributed by atoms with van der Waals surface area (Å²) in [7, 11) is 0. The topological polar surface area (TPSA) is 71.1 Å². The van der Waals surface area contributed by atoms with E-state index in [9.17, 15) is 22.8 Å². The van der Waals surface area contributed by atoms with Crippen LogP contribution in [0.4, 0.5) is 13.2 Å². The van der Waals surface area contributed by atoms with Gasteiger partial charge in [0, 0.05) is 23.5 Å². The predicted octanol–water partition coefficient (Wildman–Crippen LogP) is 3.40. The first-order valence-electron chi connectivity index (χ1n) is 8.47. The normalized spacial score (nSPS) is 27.5. The fourth-order valence-corrected chi connectivity index (χ4v) is 5.34. The molecule has 0 spiro atoms. The Labute approximate surface area is 161 Å². The Hall–Kier alpha value is -1.16. The number of fused-ring (bicyclic) bond motifs is 2. The Balaban J connectivity index is 1.57. The van der Waals surface area contributed by atoms with Crippen molar-refractivity contribution in [2.24, 2.45) is 17.8 Å². The summed E-state index contributed by atoms with van der Waals surface area (Å²) < 4.78 is 37.6. The van der Waals surface area contributed by atoms with Crippen molar-refractivity contribution in [3.05, 3.63) is 15.0 Å². The summed E-state index contributed by atoms with van der Waals surface area (Å²) in [5, 5.41) is 5.58. The first-order chi connectivity index (χ1) is 12.2. The zero-order valence-electron chi connectivity index (χ0n) is 13.8. The van der Waals surface area contributed by atoms with Gasteiger partial charge in [-0.25, -0.2) is 4.98 Å². The second-order valence-corrected chi connectivity index (χ2v) is 9.26. The monoisotopic (exact) mass is 453 g/mol. The Kier molecular flexibility index (Phi) is 5.91. The van der Waals surface area contributed by atoms with Crippen molar-refractivity contribution in [2.75, 3.05) is 0 Å². The van der Waals surface area contributed by atoms with E-state index in [4.69, 9.17) is 0 Å². The number of hydrogen-bond acceptors (Lipinski definition) is 4. The minimum atomic E-state index is -4.36. The highest BCUT2D eigenvalue weighted by molar-refractivity contribution is 9.11. The minimum Gasteiger partial charge on any atom is -0.352 e. The van der Waals surface area contributed by atoms with E-state index < -0.39 is 24.9 Å². The summed E-state index contributed by atoms with van der Waals surface area (Å²) in [6, 6.07) is -0.373. The van der Waals surface area contributed by atoms with Gasteiger partial charge in [-0.3, -0.25) is 9.59 Å². The van der Waals surface area contributed by atoms with Gasteiger partial charge in [-0.15, -0.1) is 11.3 Å². The van der Waals surface area contributed by atoms with Crippen LogP contribution in [0.25, 0.3) is 0 Å². The second-order valence-electron chi connectivity index (χ2n) is 6.86. The van der Waals surface area contributed by atoms with Crippen LogP contribution >= 0.6 is 27.3 Å². The molecule has 10 heteroatoms. The van der Waals surface area contributed by atoms with E-state index in [1.807, 2.05) is 0 Å². The minimum absolute atomic E-state index is 0.150. The molecule has 5 nitrogen and oxygen atoms in total. The van der Waals surface area contributed by atoms with Crippen LogP contribution in [0.2, 0.25) is 0 Å². The van der Waals surface area contributed by atoms with E-state index in [0.717, 1.165) is 28.1 Å². The van der Waals surface area contributed by atoms with E-state index in [-0.39, 0.29) is 29.7 Å². The van der Waals surface area contributed by atoms with E-state index in [0.29, 0.717) is 6.54 Å². The van der Waals surface area contributed by atoms with Crippen molar-refractivity contribution in [3.63, 3.8) is 0 Å². The van der Waals surface area contributed by atoms with Gasteiger partial charge < -0.3 is 10.6 Å². The number of rotatable bonds is 6.